The summed E-state index contributed by atoms with van der Waals surface area (Å²) in [6.45, 7) is 5.90. The van der Waals surface area contributed by atoms with Crippen molar-refractivity contribution < 1.29 is 14.3 Å². The molecule has 0 aromatic heterocycles. The highest BCUT2D eigenvalue weighted by Crippen LogP contribution is 2.21. The first kappa shape index (κ1) is 17.3. The lowest BCUT2D eigenvalue weighted by Crippen LogP contribution is -2.46. The Morgan fingerprint density at radius 1 is 1.38 bits per heavy atom. The summed E-state index contributed by atoms with van der Waals surface area (Å²) in [5, 5.41) is 5.92. The van der Waals surface area contributed by atoms with Crippen molar-refractivity contribution in [2.75, 3.05) is 13.2 Å². The van der Waals surface area contributed by atoms with Crippen LogP contribution in [-0.2, 0) is 9.59 Å². The van der Waals surface area contributed by atoms with Crippen LogP contribution < -0.4 is 15.4 Å². The maximum Gasteiger partial charge on any atom is 0.258 e. The minimum Gasteiger partial charge on any atom is -0.484 e. The number of aryl methyl sites for hydroxylation is 1. The molecule has 0 saturated heterocycles. The fourth-order valence-electron chi connectivity index (χ4n) is 1.67. The van der Waals surface area contributed by atoms with E-state index in [0.29, 0.717) is 17.3 Å². The van der Waals surface area contributed by atoms with Crippen LogP contribution in [0.2, 0.25) is 5.02 Å². The molecule has 5 nitrogen and oxygen atoms in total. The molecular formula is C15H21ClN2O3. The van der Waals surface area contributed by atoms with Crippen LogP contribution in [0.4, 0.5) is 0 Å². The third-order valence-electron chi connectivity index (χ3n) is 2.82. The van der Waals surface area contributed by atoms with Gasteiger partial charge in [0.25, 0.3) is 5.91 Å². The topological polar surface area (TPSA) is 67.4 Å². The van der Waals surface area contributed by atoms with E-state index in [2.05, 4.69) is 10.6 Å². The molecule has 0 saturated carbocycles. The predicted octanol–water partition coefficient (Wildman–Crippen LogP) is 2.06. The summed E-state index contributed by atoms with van der Waals surface area (Å²) in [5.41, 5.74) is 0.851. The Kier molecular flexibility index (Phi) is 7.02. The number of ether oxygens (including phenoxy) is 1. The first-order chi connectivity index (χ1) is 9.93. The molecule has 0 heterocycles. The molecule has 6 heteroatoms. The number of benzene rings is 1. The summed E-state index contributed by atoms with van der Waals surface area (Å²) in [7, 11) is 0. The lowest BCUT2D eigenvalue weighted by molar-refractivity contribution is -0.129. The summed E-state index contributed by atoms with van der Waals surface area (Å²) in [4.78, 5) is 23.4. The van der Waals surface area contributed by atoms with Crippen LogP contribution in [0.25, 0.3) is 0 Å². The third-order valence-corrected chi connectivity index (χ3v) is 3.05. The van der Waals surface area contributed by atoms with Gasteiger partial charge in [-0.15, -0.1) is 0 Å². The van der Waals surface area contributed by atoms with Crippen LogP contribution in [0.15, 0.2) is 18.2 Å². The SMILES string of the molecule is CCCNC(=O)[C@@H](C)NC(=O)COc1ccc(Cl)cc1C. The zero-order valence-corrected chi connectivity index (χ0v) is 13.3. The second-order valence-electron chi connectivity index (χ2n) is 4.78. The largest absolute Gasteiger partial charge is 0.484 e. The van der Waals surface area contributed by atoms with E-state index in [1.165, 1.54) is 0 Å². The van der Waals surface area contributed by atoms with Crippen LogP contribution in [0.3, 0.4) is 0 Å². The van der Waals surface area contributed by atoms with Gasteiger partial charge in [0.15, 0.2) is 6.61 Å². The summed E-state index contributed by atoms with van der Waals surface area (Å²) in [6, 6.07) is 4.58. The van der Waals surface area contributed by atoms with Gasteiger partial charge in [-0.2, -0.15) is 0 Å². The second kappa shape index (κ2) is 8.52. The van der Waals surface area contributed by atoms with E-state index in [1.54, 1.807) is 25.1 Å². The van der Waals surface area contributed by atoms with Crippen molar-refractivity contribution in [2.24, 2.45) is 0 Å². The van der Waals surface area contributed by atoms with E-state index in [-0.39, 0.29) is 18.4 Å². The summed E-state index contributed by atoms with van der Waals surface area (Å²) in [6.07, 6.45) is 0.853. The van der Waals surface area contributed by atoms with Gasteiger partial charge in [-0.1, -0.05) is 18.5 Å². The van der Waals surface area contributed by atoms with E-state index in [0.717, 1.165) is 12.0 Å². The number of hydrogen-bond donors (Lipinski definition) is 2. The molecule has 1 aromatic rings. The third kappa shape index (κ3) is 6.04. The maximum atomic E-state index is 11.7. The standard InChI is InChI=1S/C15H21ClN2O3/c1-4-7-17-15(20)11(3)18-14(19)9-21-13-6-5-12(16)8-10(13)2/h5-6,8,11H,4,7,9H2,1-3H3,(H,17,20)(H,18,19)/t11-/m1/s1. The van der Waals surface area contributed by atoms with Crippen LogP contribution in [0.1, 0.15) is 25.8 Å². The number of amides is 2. The second-order valence-corrected chi connectivity index (χ2v) is 5.22. The normalized spacial score (nSPS) is 11.6. The molecule has 1 rings (SSSR count). The molecule has 0 aliphatic rings. The lowest BCUT2D eigenvalue weighted by atomic mass is 10.2. The molecular weight excluding hydrogens is 292 g/mol. The van der Waals surface area contributed by atoms with Crippen molar-refractivity contribution in [2.45, 2.75) is 33.2 Å². The predicted molar refractivity (Wildman–Crippen MR) is 82.6 cm³/mol. The fraction of sp³-hybridized carbons (Fsp3) is 0.467. The van der Waals surface area contributed by atoms with E-state index >= 15 is 0 Å². The summed E-state index contributed by atoms with van der Waals surface area (Å²) >= 11 is 5.85. The van der Waals surface area contributed by atoms with E-state index in [9.17, 15) is 9.59 Å². The Bertz CT molecular complexity index is 506. The molecule has 2 N–H and O–H groups in total. The average Bonchev–Trinajstić information content (AvgIpc) is 2.43. The van der Waals surface area contributed by atoms with Gasteiger partial charge in [-0.3, -0.25) is 9.59 Å². The Morgan fingerprint density at radius 2 is 2.10 bits per heavy atom. The Labute approximate surface area is 130 Å². The molecule has 1 aromatic carbocycles. The van der Waals surface area contributed by atoms with E-state index < -0.39 is 6.04 Å². The average molecular weight is 313 g/mol. The minimum atomic E-state index is -0.584. The molecule has 2 amide bonds. The molecule has 0 radical (unpaired) electrons. The van der Waals surface area contributed by atoms with E-state index in [4.69, 9.17) is 16.3 Å². The highest BCUT2D eigenvalue weighted by molar-refractivity contribution is 6.30. The highest BCUT2D eigenvalue weighted by Gasteiger charge is 2.15. The molecule has 0 spiro atoms. The van der Waals surface area contributed by atoms with Crippen molar-refractivity contribution in [3.8, 4) is 5.75 Å². The van der Waals surface area contributed by atoms with Gasteiger partial charge in [0, 0.05) is 11.6 Å². The lowest BCUT2D eigenvalue weighted by Gasteiger charge is -2.14. The zero-order chi connectivity index (χ0) is 15.8. The van der Waals surface area contributed by atoms with Gasteiger partial charge in [-0.25, -0.2) is 0 Å². The van der Waals surface area contributed by atoms with Crippen molar-refractivity contribution >= 4 is 23.4 Å². The molecule has 0 aliphatic heterocycles. The van der Waals surface area contributed by atoms with Gasteiger partial charge in [-0.05, 0) is 44.0 Å². The van der Waals surface area contributed by atoms with Crippen LogP contribution >= 0.6 is 11.6 Å². The molecule has 1 atom stereocenters. The van der Waals surface area contributed by atoms with Crippen molar-refractivity contribution in [1.29, 1.82) is 0 Å². The quantitative estimate of drug-likeness (QED) is 0.810. The number of halogens is 1. The van der Waals surface area contributed by atoms with Crippen LogP contribution in [-0.4, -0.2) is 31.0 Å². The Balaban J connectivity index is 2.41. The number of hydrogen-bond acceptors (Lipinski definition) is 3. The maximum absolute atomic E-state index is 11.7. The van der Waals surface area contributed by atoms with Crippen molar-refractivity contribution in [1.82, 2.24) is 10.6 Å². The van der Waals surface area contributed by atoms with E-state index in [1.807, 2.05) is 13.8 Å². The molecule has 116 valence electrons. The minimum absolute atomic E-state index is 0.145. The van der Waals surface area contributed by atoms with Gasteiger partial charge >= 0.3 is 0 Å². The fourth-order valence-corrected chi connectivity index (χ4v) is 1.89. The van der Waals surface area contributed by atoms with Gasteiger partial charge in [0.2, 0.25) is 5.91 Å². The Morgan fingerprint density at radius 3 is 2.71 bits per heavy atom. The molecule has 21 heavy (non-hydrogen) atoms. The van der Waals surface area contributed by atoms with Gasteiger partial charge in [0.1, 0.15) is 11.8 Å². The summed E-state index contributed by atoms with van der Waals surface area (Å²) in [5.74, 6) is 0.0500. The molecule has 0 bridgehead atoms. The first-order valence-corrected chi connectivity index (χ1v) is 7.27. The van der Waals surface area contributed by atoms with Crippen LogP contribution in [0, 0.1) is 6.92 Å². The molecule has 0 fully saturated rings. The number of rotatable bonds is 7. The Hall–Kier alpha value is -1.75. The van der Waals surface area contributed by atoms with Gasteiger partial charge in [0.05, 0.1) is 0 Å². The number of carbonyl (C=O) groups excluding carboxylic acids is 2. The molecule has 0 unspecified atom stereocenters. The number of carbonyl (C=O) groups is 2. The van der Waals surface area contributed by atoms with Crippen molar-refractivity contribution in [3.05, 3.63) is 28.8 Å². The smallest absolute Gasteiger partial charge is 0.258 e. The summed E-state index contributed by atoms with van der Waals surface area (Å²) < 4.78 is 5.41. The first-order valence-electron chi connectivity index (χ1n) is 6.90. The zero-order valence-electron chi connectivity index (χ0n) is 12.5. The van der Waals surface area contributed by atoms with Gasteiger partial charge < -0.3 is 15.4 Å². The van der Waals surface area contributed by atoms with Crippen LogP contribution in [0.5, 0.6) is 5.75 Å². The number of nitrogens with one attached hydrogen (secondary N) is 2. The monoisotopic (exact) mass is 312 g/mol. The molecule has 0 aliphatic carbocycles. The highest BCUT2D eigenvalue weighted by atomic mass is 35.5. The van der Waals surface area contributed by atoms with Crippen molar-refractivity contribution in [3.63, 3.8) is 0 Å².